The Balaban J connectivity index is 1.43. The Bertz CT molecular complexity index is 1270. The minimum atomic E-state index is -1.78. The van der Waals surface area contributed by atoms with Crippen LogP contribution in [0, 0.1) is 0 Å². The van der Waals surface area contributed by atoms with Crippen LogP contribution < -0.4 is 9.47 Å². The van der Waals surface area contributed by atoms with Crippen molar-refractivity contribution in [2.45, 2.75) is 80.5 Å². The number of ketones is 1. The van der Waals surface area contributed by atoms with E-state index in [1.807, 2.05) is 0 Å². The van der Waals surface area contributed by atoms with Crippen molar-refractivity contribution in [1.29, 1.82) is 0 Å². The summed E-state index contributed by atoms with van der Waals surface area (Å²) in [4.78, 5) is 12.9. The Hall–Kier alpha value is -3.09. The van der Waals surface area contributed by atoms with E-state index in [0.717, 1.165) is 6.07 Å². The van der Waals surface area contributed by atoms with E-state index in [-0.39, 0.29) is 22.8 Å². The highest BCUT2D eigenvalue weighted by Gasteiger charge is 2.51. The molecule has 42 heavy (non-hydrogen) atoms. The summed E-state index contributed by atoms with van der Waals surface area (Å²) < 4.78 is 28.3. The predicted octanol–water partition coefficient (Wildman–Crippen LogP) is -2.19. The second-order valence-corrected chi connectivity index (χ2v) is 10.4. The fourth-order valence-corrected chi connectivity index (χ4v) is 5.10. The number of hydrogen-bond acceptors (Lipinski definition) is 15. The number of aliphatic hydroxyl groups is 7. The summed E-state index contributed by atoms with van der Waals surface area (Å²) in [5.74, 6) is -1.88. The molecule has 2 aromatic rings. The molecule has 12 atom stereocenters. The maximum absolute atomic E-state index is 12.9. The smallest absolute Gasteiger partial charge is 0.229 e. The molecule has 230 valence electrons. The van der Waals surface area contributed by atoms with Gasteiger partial charge in [-0.1, -0.05) is 12.1 Å². The summed E-state index contributed by atoms with van der Waals surface area (Å²) in [5.41, 5.74) is 0.0239. The van der Waals surface area contributed by atoms with Crippen molar-refractivity contribution in [1.82, 2.24) is 0 Å². The van der Waals surface area contributed by atoms with Crippen LogP contribution in [0.2, 0.25) is 0 Å². The quantitative estimate of drug-likeness (QED) is 0.172. The van der Waals surface area contributed by atoms with Gasteiger partial charge in [-0.2, -0.15) is 0 Å². The van der Waals surface area contributed by atoms with Crippen LogP contribution in [0.4, 0.5) is 0 Å². The van der Waals surface area contributed by atoms with E-state index < -0.39 is 91.8 Å². The van der Waals surface area contributed by atoms with E-state index >= 15 is 0 Å². The van der Waals surface area contributed by atoms with Crippen LogP contribution in [0.1, 0.15) is 28.9 Å². The molecule has 0 spiro atoms. The summed E-state index contributed by atoms with van der Waals surface area (Å²) in [5, 5.41) is 92.2. The lowest BCUT2D eigenvalue weighted by atomic mass is 9.93. The summed E-state index contributed by atoms with van der Waals surface area (Å²) >= 11 is 0. The summed E-state index contributed by atoms with van der Waals surface area (Å²) in [6, 6.07) is 7.78. The standard InChI is InChI=1S/C27H32O15/c1-9-17(31)20(34)23(37)26(38-9)42-25-21(35)18(32)15(8-28)41-27(25)39-12-6-13(30)16-14(7-12)40-24(22(36)19(16)33)10-2-4-11(29)5-3-10/h2-7,9,15,17-18,20-32,34-37H,8H2,1H3/t9-,15+,17-,18+,20+,21-,22?,23+,24?,25+,26-,27+/m0/s1. The molecule has 5 rings (SSSR count). The molecular weight excluding hydrogens is 564 g/mol. The zero-order chi connectivity index (χ0) is 30.5. The lowest BCUT2D eigenvalue weighted by Gasteiger charge is -2.45. The average molecular weight is 597 g/mol. The minimum Gasteiger partial charge on any atom is -0.508 e. The normalized spacial score (nSPS) is 38.4. The zero-order valence-electron chi connectivity index (χ0n) is 22.1. The van der Waals surface area contributed by atoms with Crippen molar-refractivity contribution in [3.63, 3.8) is 0 Å². The van der Waals surface area contributed by atoms with Gasteiger partial charge in [-0.3, -0.25) is 4.79 Å². The van der Waals surface area contributed by atoms with Gasteiger partial charge >= 0.3 is 0 Å². The predicted molar refractivity (Wildman–Crippen MR) is 136 cm³/mol. The van der Waals surface area contributed by atoms with E-state index in [4.69, 9.17) is 23.7 Å². The van der Waals surface area contributed by atoms with Crippen LogP contribution in [0.5, 0.6) is 23.0 Å². The lowest BCUT2D eigenvalue weighted by molar-refractivity contribution is -0.354. The van der Waals surface area contributed by atoms with Crippen molar-refractivity contribution in [3.8, 4) is 23.0 Å². The number of aliphatic hydroxyl groups excluding tert-OH is 7. The molecule has 0 radical (unpaired) electrons. The largest absolute Gasteiger partial charge is 0.508 e. The zero-order valence-corrected chi connectivity index (χ0v) is 22.1. The van der Waals surface area contributed by atoms with Gasteiger partial charge in [0.05, 0.1) is 12.7 Å². The van der Waals surface area contributed by atoms with Gasteiger partial charge in [-0.05, 0) is 24.6 Å². The Morgan fingerprint density at radius 2 is 1.52 bits per heavy atom. The molecular formula is C27H32O15. The number of ether oxygens (including phenoxy) is 5. The van der Waals surface area contributed by atoms with Crippen LogP contribution in [0.25, 0.3) is 0 Å². The first-order valence-corrected chi connectivity index (χ1v) is 13.1. The van der Waals surface area contributed by atoms with E-state index in [1.54, 1.807) is 0 Å². The van der Waals surface area contributed by atoms with E-state index in [2.05, 4.69) is 0 Å². The van der Waals surface area contributed by atoms with Crippen LogP contribution >= 0.6 is 0 Å². The monoisotopic (exact) mass is 596 g/mol. The number of carbonyl (C=O) groups is 1. The minimum absolute atomic E-state index is 0.0480. The second kappa shape index (κ2) is 11.9. The third-order valence-electron chi connectivity index (χ3n) is 7.51. The molecule has 0 saturated carbocycles. The molecule has 3 aliphatic heterocycles. The van der Waals surface area contributed by atoms with Crippen molar-refractivity contribution >= 4 is 5.78 Å². The van der Waals surface area contributed by atoms with Crippen molar-refractivity contribution < 1.29 is 74.4 Å². The van der Waals surface area contributed by atoms with Gasteiger partial charge in [0.2, 0.25) is 12.1 Å². The summed E-state index contributed by atoms with van der Waals surface area (Å²) in [6.45, 7) is 0.669. The van der Waals surface area contributed by atoms with Gasteiger partial charge in [-0.25, -0.2) is 0 Å². The number of phenolic OH excluding ortho intramolecular Hbond substituents is 2. The Labute approximate surface area is 238 Å². The number of fused-ring (bicyclic) bond motifs is 1. The number of rotatable bonds is 6. The third kappa shape index (κ3) is 5.51. The van der Waals surface area contributed by atoms with Crippen LogP contribution in [0.15, 0.2) is 36.4 Å². The van der Waals surface area contributed by atoms with Gasteiger partial charge in [0.1, 0.15) is 65.2 Å². The molecule has 0 bridgehead atoms. The molecule has 2 saturated heterocycles. The molecule has 2 unspecified atom stereocenters. The van der Waals surface area contributed by atoms with Crippen molar-refractivity contribution in [2.24, 2.45) is 0 Å². The van der Waals surface area contributed by atoms with Gasteiger partial charge in [0.25, 0.3) is 0 Å². The molecule has 0 aliphatic carbocycles. The number of Topliss-reactive ketones (excluding diaryl/α,β-unsaturated/α-hetero) is 1. The SMILES string of the molecule is C[C@@H]1O[C@@H](O[C@H]2[C@H](Oc3cc(O)c4c(c3)OC(c3ccc(O)cc3)C(O)C4=O)O[C@H](CO)[C@@H](O)[C@@H]2O)[C@H](O)[C@H](O)[C@H]1O. The maximum atomic E-state index is 12.9. The maximum Gasteiger partial charge on any atom is 0.229 e. The molecule has 9 N–H and O–H groups in total. The molecule has 15 heteroatoms. The van der Waals surface area contributed by atoms with Crippen molar-refractivity contribution in [2.75, 3.05) is 6.61 Å². The summed E-state index contributed by atoms with van der Waals surface area (Å²) in [6.07, 6.45) is -18.4. The molecule has 2 aromatic carbocycles. The second-order valence-electron chi connectivity index (χ2n) is 10.4. The Morgan fingerprint density at radius 3 is 2.19 bits per heavy atom. The van der Waals surface area contributed by atoms with Crippen molar-refractivity contribution in [3.05, 3.63) is 47.5 Å². The van der Waals surface area contributed by atoms with Crippen LogP contribution in [-0.2, 0) is 14.2 Å². The fourth-order valence-electron chi connectivity index (χ4n) is 5.10. The molecule has 15 nitrogen and oxygen atoms in total. The highest BCUT2D eigenvalue weighted by atomic mass is 16.8. The van der Waals surface area contributed by atoms with E-state index in [1.165, 1.54) is 37.3 Å². The fraction of sp³-hybridized carbons (Fsp3) is 0.519. The molecule has 2 fully saturated rings. The van der Waals surface area contributed by atoms with Crippen LogP contribution in [0.3, 0.4) is 0 Å². The number of aromatic hydroxyl groups is 2. The number of carbonyl (C=O) groups excluding carboxylic acids is 1. The molecule has 0 amide bonds. The van der Waals surface area contributed by atoms with Crippen LogP contribution in [-0.4, -0.2) is 126 Å². The molecule has 0 aromatic heterocycles. The first-order valence-electron chi connectivity index (χ1n) is 13.1. The average Bonchev–Trinajstić information content (AvgIpc) is 2.96. The number of benzene rings is 2. The number of hydrogen-bond donors (Lipinski definition) is 9. The third-order valence-corrected chi connectivity index (χ3v) is 7.51. The van der Waals surface area contributed by atoms with Gasteiger partial charge in [0, 0.05) is 12.1 Å². The van der Waals surface area contributed by atoms with Gasteiger partial charge in [-0.15, -0.1) is 0 Å². The molecule has 3 heterocycles. The van der Waals surface area contributed by atoms with E-state index in [9.17, 15) is 50.8 Å². The topological polar surface area (TPSA) is 245 Å². The summed E-state index contributed by atoms with van der Waals surface area (Å²) in [7, 11) is 0. The Morgan fingerprint density at radius 1 is 0.833 bits per heavy atom. The highest BCUT2D eigenvalue weighted by molar-refractivity contribution is 6.05. The van der Waals surface area contributed by atoms with Gasteiger partial charge < -0.3 is 69.6 Å². The Kier molecular flexibility index (Phi) is 8.60. The first kappa shape index (κ1) is 30.4. The first-order chi connectivity index (χ1) is 19.9. The van der Waals surface area contributed by atoms with Gasteiger partial charge in [0.15, 0.2) is 24.6 Å². The van der Waals surface area contributed by atoms with E-state index in [0.29, 0.717) is 5.56 Å². The highest BCUT2D eigenvalue weighted by Crippen LogP contribution is 2.43. The lowest BCUT2D eigenvalue weighted by Crippen LogP contribution is -2.64. The number of phenols is 2. The molecule has 3 aliphatic rings.